The van der Waals surface area contributed by atoms with Gasteiger partial charge in [0.1, 0.15) is 6.61 Å². The first-order valence-electron chi connectivity index (χ1n) is 6.10. The first kappa shape index (κ1) is 18.3. The van der Waals surface area contributed by atoms with E-state index in [2.05, 4.69) is 4.74 Å². The minimum Gasteiger partial charge on any atom is -0.460 e. The van der Waals surface area contributed by atoms with Gasteiger partial charge in [-0.3, -0.25) is 0 Å². The van der Waals surface area contributed by atoms with Gasteiger partial charge < -0.3 is 9.47 Å². The van der Waals surface area contributed by atoms with Crippen molar-refractivity contribution in [2.24, 2.45) is 0 Å². The number of hydrogen-bond acceptors (Lipinski definition) is 3. The van der Waals surface area contributed by atoms with Crippen LogP contribution in [0.4, 0.5) is 26.3 Å². The standard InChI is InChI=1S/C13H12F6O3/c1-2-21-5-6-22-11(20)9-7-8(12(14,15)16)3-4-10(9)13(17,18)19/h3-4,7H,2,5-6H2,1H3. The number of hydrogen-bond donors (Lipinski definition) is 0. The Morgan fingerprint density at radius 3 is 2.18 bits per heavy atom. The molecule has 0 heterocycles. The zero-order valence-corrected chi connectivity index (χ0v) is 11.3. The van der Waals surface area contributed by atoms with Crippen LogP contribution in [0.5, 0.6) is 0 Å². The summed E-state index contributed by atoms with van der Waals surface area (Å²) in [5.41, 5.74) is -4.03. The SMILES string of the molecule is CCOCCOC(=O)c1cc(C(F)(F)F)ccc1C(F)(F)F. The summed E-state index contributed by atoms with van der Waals surface area (Å²) < 4.78 is 85.3. The number of alkyl halides is 6. The fourth-order valence-corrected chi connectivity index (χ4v) is 1.55. The van der Waals surface area contributed by atoms with Crippen LogP contribution in [0.3, 0.4) is 0 Å². The van der Waals surface area contributed by atoms with Crippen molar-refractivity contribution in [3.05, 3.63) is 34.9 Å². The molecule has 0 aliphatic heterocycles. The summed E-state index contributed by atoms with van der Waals surface area (Å²) >= 11 is 0. The molecule has 1 aromatic rings. The Hall–Kier alpha value is -1.77. The molecule has 0 radical (unpaired) electrons. The number of carbonyl (C=O) groups excluding carboxylic acids is 1. The molecule has 0 bridgehead atoms. The van der Waals surface area contributed by atoms with E-state index in [1.165, 1.54) is 0 Å². The fraction of sp³-hybridized carbons (Fsp3) is 0.462. The second-order valence-corrected chi connectivity index (χ2v) is 4.09. The van der Waals surface area contributed by atoms with Crippen molar-refractivity contribution in [2.45, 2.75) is 19.3 Å². The zero-order chi connectivity index (χ0) is 17.0. The third-order valence-corrected chi connectivity index (χ3v) is 2.54. The molecular weight excluding hydrogens is 318 g/mol. The lowest BCUT2D eigenvalue weighted by atomic mass is 10.0. The van der Waals surface area contributed by atoms with Crippen molar-refractivity contribution in [3.63, 3.8) is 0 Å². The highest BCUT2D eigenvalue weighted by molar-refractivity contribution is 5.91. The maximum Gasteiger partial charge on any atom is 0.417 e. The summed E-state index contributed by atoms with van der Waals surface area (Å²) in [6.07, 6.45) is -9.84. The van der Waals surface area contributed by atoms with Crippen molar-refractivity contribution >= 4 is 5.97 Å². The van der Waals surface area contributed by atoms with Crippen LogP contribution in [0.15, 0.2) is 18.2 Å². The normalized spacial score (nSPS) is 12.3. The van der Waals surface area contributed by atoms with Crippen LogP contribution in [0.25, 0.3) is 0 Å². The van der Waals surface area contributed by atoms with Crippen LogP contribution in [0.2, 0.25) is 0 Å². The summed E-state index contributed by atoms with van der Waals surface area (Å²) in [5, 5.41) is 0. The Balaban J connectivity index is 3.09. The molecule has 0 saturated heterocycles. The first-order chi connectivity index (χ1) is 10.1. The van der Waals surface area contributed by atoms with Crippen LogP contribution in [-0.2, 0) is 21.8 Å². The third-order valence-electron chi connectivity index (χ3n) is 2.54. The number of benzene rings is 1. The molecule has 0 atom stereocenters. The van der Waals surface area contributed by atoms with E-state index < -0.39 is 35.0 Å². The minimum absolute atomic E-state index is 0.0669. The lowest BCUT2D eigenvalue weighted by molar-refractivity contribution is -0.141. The molecule has 0 fully saturated rings. The summed E-state index contributed by atoms with van der Waals surface area (Å²) in [6, 6.07) is 0.605. The fourth-order valence-electron chi connectivity index (χ4n) is 1.55. The van der Waals surface area contributed by atoms with E-state index >= 15 is 0 Å². The minimum atomic E-state index is -4.97. The second kappa shape index (κ2) is 6.99. The number of rotatable bonds is 5. The first-order valence-corrected chi connectivity index (χ1v) is 6.10. The molecule has 0 spiro atoms. The van der Waals surface area contributed by atoms with Gasteiger partial charge in [0, 0.05) is 6.61 Å². The van der Waals surface area contributed by atoms with E-state index in [0.29, 0.717) is 6.61 Å². The molecule has 1 rings (SSSR count). The smallest absolute Gasteiger partial charge is 0.417 e. The number of esters is 1. The number of halogens is 6. The molecule has 0 amide bonds. The topological polar surface area (TPSA) is 35.5 Å². The van der Waals surface area contributed by atoms with Crippen molar-refractivity contribution < 1.29 is 40.6 Å². The van der Waals surface area contributed by atoms with E-state index in [1.807, 2.05) is 0 Å². The molecule has 3 nitrogen and oxygen atoms in total. The van der Waals surface area contributed by atoms with Gasteiger partial charge in [0.05, 0.1) is 23.3 Å². The quantitative estimate of drug-likeness (QED) is 0.466. The van der Waals surface area contributed by atoms with Gasteiger partial charge in [-0.2, -0.15) is 26.3 Å². The van der Waals surface area contributed by atoms with Gasteiger partial charge in [0.25, 0.3) is 0 Å². The van der Waals surface area contributed by atoms with E-state index in [-0.39, 0.29) is 31.4 Å². The lowest BCUT2D eigenvalue weighted by Crippen LogP contribution is -2.18. The highest BCUT2D eigenvalue weighted by Gasteiger charge is 2.39. The van der Waals surface area contributed by atoms with Gasteiger partial charge in [-0.05, 0) is 25.1 Å². The molecule has 0 N–H and O–H groups in total. The molecule has 9 heteroatoms. The molecule has 0 saturated carbocycles. The Bertz CT molecular complexity index is 521. The van der Waals surface area contributed by atoms with E-state index in [0.717, 1.165) is 0 Å². The Morgan fingerprint density at radius 2 is 1.68 bits per heavy atom. The number of carbonyl (C=O) groups is 1. The summed E-state index contributed by atoms with van der Waals surface area (Å²) in [5.74, 6) is -1.49. The van der Waals surface area contributed by atoms with Crippen LogP contribution in [-0.4, -0.2) is 25.8 Å². The molecule has 0 aromatic heterocycles. The molecule has 0 aliphatic carbocycles. The van der Waals surface area contributed by atoms with Gasteiger partial charge in [-0.15, -0.1) is 0 Å². The van der Waals surface area contributed by atoms with Gasteiger partial charge in [0.2, 0.25) is 0 Å². The summed E-state index contributed by atoms with van der Waals surface area (Å²) in [6.45, 7) is 1.52. The van der Waals surface area contributed by atoms with Crippen LogP contribution in [0, 0.1) is 0 Å². The number of ether oxygens (including phenoxy) is 2. The lowest BCUT2D eigenvalue weighted by Gasteiger charge is -2.15. The third kappa shape index (κ3) is 4.90. The van der Waals surface area contributed by atoms with Crippen molar-refractivity contribution in [1.29, 1.82) is 0 Å². The van der Waals surface area contributed by atoms with E-state index in [1.54, 1.807) is 6.92 Å². The van der Waals surface area contributed by atoms with Crippen molar-refractivity contribution in [2.75, 3.05) is 19.8 Å². The Kier molecular flexibility index (Phi) is 5.81. The predicted octanol–water partition coefficient (Wildman–Crippen LogP) is 3.92. The van der Waals surface area contributed by atoms with Gasteiger partial charge in [-0.1, -0.05) is 0 Å². The Morgan fingerprint density at radius 1 is 1.05 bits per heavy atom. The van der Waals surface area contributed by atoms with Gasteiger partial charge >= 0.3 is 18.3 Å². The van der Waals surface area contributed by atoms with Gasteiger partial charge in [0.15, 0.2) is 0 Å². The summed E-state index contributed by atoms with van der Waals surface area (Å²) in [4.78, 5) is 11.6. The average Bonchev–Trinajstić information content (AvgIpc) is 2.40. The average molecular weight is 330 g/mol. The highest BCUT2D eigenvalue weighted by Crippen LogP contribution is 2.36. The molecule has 0 aliphatic rings. The largest absolute Gasteiger partial charge is 0.460 e. The maximum atomic E-state index is 12.8. The van der Waals surface area contributed by atoms with E-state index in [4.69, 9.17) is 4.74 Å². The van der Waals surface area contributed by atoms with Crippen molar-refractivity contribution in [3.8, 4) is 0 Å². The maximum absolute atomic E-state index is 12.8. The molecule has 22 heavy (non-hydrogen) atoms. The second-order valence-electron chi connectivity index (χ2n) is 4.09. The van der Waals surface area contributed by atoms with Crippen molar-refractivity contribution in [1.82, 2.24) is 0 Å². The monoisotopic (exact) mass is 330 g/mol. The van der Waals surface area contributed by atoms with Crippen LogP contribution < -0.4 is 0 Å². The molecule has 124 valence electrons. The van der Waals surface area contributed by atoms with Crippen LogP contribution >= 0.6 is 0 Å². The molecule has 0 unspecified atom stereocenters. The zero-order valence-electron chi connectivity index (χ0n) is 11.3. The van der Waals surface area contributed by atoms with E-state index in [9.17, 15) is 31.1 Å². The predicted molar refractivity (Wildman–Crippen MR) is 63.2 cm³/mol. The Labute approximate surface area is 121 Å². The highest BCUT2D eigenvalue weighted by atomic mass is 19.4. The molecular formula is C13H12F6O3. The van der Waals surface area contributed by atoms with Gasteiger partial charge in [-0.25, -0.2) is 4.79 Å². The summed E-state index contributed by atoms with van der Waals surface area (Å²) in [7, 11) is 0. The van der Waals surface area contributed by atoms with Crippen LogP contribution in [0.1, 0.15) is 28.4 Å². The molecule has 1 aromatic carbocycles.